The summed E-state index contributed by atoms with van der Waals surface area (Å²) in [6.45, 7) is -2.26. The number of hydrogen-bond donors (Lipinski definition) is 3. The summed E-state index contributed by atoms with van der Waals surface area (Å²) in [6, 6.07) is 6.15. The van der Waals surface area contributed by atoms with Crippen LogP contribution in [0.1, 0.15) is 10.4 Å². The average molecular weight is 283 g/mol. The molecule has 0 radical (unpaired) electrons. The smallest absolute Gasteiger partial charge is 0.287 e. The molecule has 0 saturated carbocycles. The Morgan fingerprint density at radius 1 is 1.45 bits per heavy atom. The topological polar surface area (TPSA) is 104 Å². The number of carbonyl (C=O) groups excluding carboxylic acids is 1. The summed E-state index contributed by atoms with van der Waals surface area (Å²) in [7, 11) is 0. The third-order valence-electron chi connectivity index (χ3n) is 2.47. The fraction of sp³-hybridized carbons (Fsp3) is 0.273. The van der Waals surface area contributed by atoms with Gasteiger partial charge in [-0.25, -0.2) is 8.78 Å². The van der Waals surface area contributed by atoms with Gasteiger partial charge >= 0.3 is 0 Å². The van der Waals surface area contributed by atoms with Gasteiger partial charge in [0.1, 0.15) is 6.61 Å². The fourth-order valence-electron chi connectivity index (χ4n) is 1.45. The third kappa shape index (κ3) is 3.32. The molecule has 0 atom stereocenters. The van der Waals surface area contributed by atoms with Crippen LogP contribution in [0.15, 0.2) is 24.3 Å². The highest BCUT2D eigenvalue weighted by molar-refractivity contribution is 5.95. The molecule has 2 rings (SSSR count). The van der Waals surface area contributed by atoms with Gasteiger partial charge in [0.2, 0.25) is 5.82 Å². The molecule has 1 heterocycles. The number of amides is 1. The summed E-state index contributed by atoms with van der Waals surface area (Å²) in [6.07, 6.45) is 0. The summed E-state index contributed by atoms with van der Waals surface area (Å²) in [5.41, 5.74) is 0.710. The maximum Gasteiger partial charge on any atom is 0.287 e. The number of alkyl halides is 2. The van der Waals surface area contributed by atoms with Crippen molar-refractivity contribution in [1.82, 2.24) is 25.9 Å². The molecule has 2 aromatic rings. The van der Waals surface area contributed by atoms with Gasteiger partial charge in [0.25, 0.3) is 11.8 Å². The Kier molecular flexibility index (Phi) is 3.99. The predicted molar refractivity (Wildman–Crippen MR) is 64.0 cm³/mol. The summed E-state index contributed by atoms with van der Waals surface area (Å²) in [5.74, 6) is -3.73. The van der Waals surface area contributed by atoms with E-state index in [1.807, 2.05) is 5.32 Å². The van der Waals surface area contributed by atoms with E-state index < -0.39 is 25.0 Å². The molecule has 9 heteroatoms. The molecule has 106 valence electrons. The van der Waals surface area contributed by atoms with Crippen molar-refractivity contribution in [3.63, 3.8) is 0 Å². The number of rotatable bonds is 5. The van der Waals surface area contributed by atoms with Gasteiger partial charge in [-0.2, -0.15) is 5.21 Å². The maximum atomic E-state index is 12.8. The van der Waals surface area contributed by atoms with Crippen LogP contribution in [0, 0.1) is 0 Å². The van der Waals surface area contributed by atoms with Crippen molar-refractivity contribution in [2.24, 2.45) is 0 Å². The first-order chi connectivity index (χ1) is 9.52. The maximum absolute atomic E-state index is 12.8. The minimum Gasteiger partial charge on any atom is -0.390 e. The van der Waals surface area contributed by atoms with Crippen molar-refractivity contribution >= 4 is 5.91 Å². The molecule has 1 aromatic heterocycles. The normalized spacial score (nSPS) is 11.3. The van der Waals surface area contributed by atoms with Crippen LogP contribution >= 0.6 is 0 Å². The van der Waals surface area contributed by atoms with Crippen LogP contribution in [0.3, 0.4) is 0 Å². The van der Waals surface area contributed by atoms with Gasteiger partial charge in [-0.15, -0.1) is 10.2 Å². The van der Waals surface area contributed by atoms with Crippen LogP contribution in [0.2, 0.25) is 0 Å². The second-order valence-corrected chi connectivity index (χ2v) is 4.01. The average Bonchev–Trinajstić information content (AvgIpc) is 2.99. The van der Waals surface area contributed by atoms with E-state index in [0.717, 1.165) is 0 Å². The number of hydrogen-bond acceptors (Lipinski definition) is 5. The number of tetrazole rings is 1. The number of nitrogens with one attached hydrogen (secondary N) is 2. The molecule has 0 aliphatic heterocycles. The third-order valence-corrected chi connectivity index (χ3v) is 2.47. The molecule has 0 fully saturated rings. The van der Waals surface area contributed by atoms with Gasteiger partial charge in [-0.05, 0) is 17.3 Å². The zero-order valence-corrected chi connectivity index (χ0v) is 10.2. The van der Waals surface area contributed by atoms with Gasteiger partial charge in [0.15, 0.2) is 0 Å². The Hall–Kier alpha value is -2.42. The first-order valence-corrected chi connectivity index (χ1v) is 5.62. The minimum absolute atomic E-state index is 0.182. The van der Waals surface area contributed by atoms with E-state index in [0.29, 0.717) is 11.4 Å². The van der Waals surface area contributed by atoms with Crippen LogP contribution in [0.4, 0.5) is 8.78 Å². The Balaban J connectivity index is 2.09. The Morgan fingerprint density at radius 2 is 2.25 bits per heavy atom. The highest BCUT2D eigenvalue weighted by Crippen LogP contribution is 2.15. The molecule has 0 spiro atoms. The summed E-state index contributed by atoms with van der Waals surface area (Å²) >= 11 is 0. The summed E-state index contributed by atoms with van der Waals surface area (Å²) in [5, 5.41) is 23.6. The minimum atomic E-state index is -3.35. The fourth-order valence-corrected chi connectivity index (χ4v) is 1.45. The van der Waals surface area contributed by atoms with E-state index in [4.69, 9.17) is 5.11 Å². The molecule has 7 nitrogen and oxygen atoms in total. The highest BCUT2D eigenvalue weighted by Gasteiger charge is 2.28. The highest BCUT2D eigenvalue weighted by atomic mass is 19.3. The number of aliphatic hydroxyl groups is 1. The molecule has 1 aromatic carbocycles. The van der Waals surface area contributed by atoms with Crippen molar-refractivity contribution in [3.8, 4) is 11.4 Å². The number of nitrogens with zero attached hydrogens (tertiary/aromatic N) is 3. The van der Waals surface area contributed by atoms with Gasteiger partial charge < -0.3 is 10.4 Å². The second-order valence-electron chi connectivity index (χ2n) is 4.01. The first kappa shape index (κ1) is 14.0. The van der Waals surface area contributed by atoms with Crippen molar-refractivity contribution in [2.45, 2.75) is 5.92 Å². The number of carbonyl (C=O) groups is 1. The van der Waals surface area contributed by atoms with Crippen LogP contribution in [0.5, 0.6) is 0 Å². The second kappa shape index (κ2) is 5.70. The monoisotopic (exact) mass is 283 g/mol. The SMILES string of the molecule is O=C(NCC(F)(F)CO)c1cccc(-c2nn[nH]n2)c1. The number of aliphatic hydroxyl groups excluding tert-OH is 1. The van der Waals surface area contributed by atoms with Gasteiger partial charge in [-0.1, -0.05) is 12.1 Å². The Labute approximate surface area is 112 Å². The molecule has 0 bridgehead atoms. The zero-order valence-electron chi connectivity index (χ0n) is 10.2. The number of H-pyrrole nitrogens is 1. The molecular formula is C11H11F2N5O2. The van der Waals surface area contributed by atoms with Crippen LogP contribution in [0.25, 0.3) is 11.4 Å². The quantitative estimate of drug-likeness (QED) is 0.728. The lowest BCUT2D eigenvalue weighted by Gasteiger charge is -2.14. The van der Waals surface area contributed by atoms with Crippen molar-refractivity contribution < 1.29 is 18.7 Å². The van der Waals surface area contributed by atoms with Gasteiger partial charge in [-0.3, -0.25) is 4.79 Å². The van der Waals surface area contributed by atoms with Crippen LogP contribution in [-0.4, -0.2) is 50.7 Å². The largest absolute Gasteiger partial charge is 0.390 e. The molecule has 0 unspecified atom stereocenters. The molecular weight excluding hydrogens is 272 g/mol. The molecule has 0 aliphatic carbocycles. The van der Waals surface area contributed by atoms with Gasteiger partial charge in [0.05, 0.1) is 6.54 Å². The van der Waals surface area contributed by atoms with Crippen LogP contribution < -0.4 is 5.32 Å². The van der Waals surface area contributed by atoms with E-state index in [1.54, 1.807) is 12.1 Å². The number of aromatic amines is 1. The molecule has 0 saturated heterocycles. The van der Waals surface area contributed by atoms with E-state index in [9.17, 15) is 13.6 Å². The molecule has 1 amide bonds. The number of benzene rings is 1. The molecule has 0 aliphatic rings. The number of halogens is 2. The molecule has 3 N–H and O–H groups in total. The zero-order chi connectivity index (χ0) is 14.6. The Bertz CT molecular complexity index is 588. The predicted octanol–water partition coefficient (Wildman–Crippen LogP) is 0.224. The van der Waals surface area contributed by atoms with Crippen molar-refractivity contribution in [2.75, 3.05) is 13.2 Å². The Morgan fingerprint density at radius 3 is 2.90 bits per heavy atom. The van der Waals surface area contributed by atoms with E-state index in [2.05, 4.69) is 20.6 Å². The summed E-state index contributed by atoms with van der Waals surface area (Å²) < 4.78 is 25.7. The van der Waals surface area contributed by atoms with Gasteiger partial charge in [0, 0.05) is 11.1 Å². The van der Waals surface area contributed by atoms with Crippen LogP contribution in [-0.2, 0) is 0 Å². The lowest BCUT2D eigenvalue weighted by molar-refractivity contribution is -0.0462. The number of aromatic nitrogens is 4. The molecule has 20 heavy (non-hydrogen) atoms. The van der Waals surface area contributed by atoms with E-state index in [1.165, 1.54) is 12.1 Å². The van der Waals surface area contributed by atoms with E-state index >= 15 is 0 Å². The van der Waals surface area contributed by atoms with Crippen molar-refractivity contribution in [1.29, 1.82) is 0 Å². The lowest BCUT2D eigenvalue weighted by Crippen LogP contribution is -2.38. The van der Waals surface area contributed by atoms with E-state index in [-0.39, 0.29) is 5.56 Å². The van der Waals surface area contributed by atoms with Crippen molar-refractivity contribution in [3.05, 3.63) is 29.8 Å². The first-order valence-electron chi connectivity index (χ1n) is 5.62. The summed E-state index contributed by atoms with van der Waals surface area (Å²) in [4.78, 5) is 11.7. The standard InChI is InChI=1S/C11H11F2N5O2/c12-11(13,6-19)5-14-10(20)8-3-1-2-7(4-8)9-15-17-18-16-9/h1-4,19H,5-6H2,(H,14,20)(H,15,16,17,18). The lowest BCUT2D eigenvalue weighted by atomic mass is 10.1.